The molecule has 0 aromatic heterocycles. The van der Waals surface area contributed by atoms with Crippen molar-refractivity contribution in [2.45, 2.75) is 25.2 Å². The van der Waals surface area contributed by atoms with Crippen molar-refractivity contribution < 1.29 is 27.4 Å². The summed E-state index contributed by atoms with van der Waals surface area (Å²) in [6.07, 6.45) is 0.804. The number of sulfonamides is 1. The molecule has 0 radical (unpaired) electrons. The predicted molar refractivity (Wildman–Crippen MR) is 136 cm³/mol. The van der Waals surface area contributed by atoms with Gasteiger partial charge in [0, 0.05) is 11.8 Å². The van der Waals surface area contributed by atoms with Crippen LogP contribution in [0.5, 0.6) is 17.2 Å². The van der Waals surface area contributed by atoms with Gasteiger partial charge >= 0.3 is 0 Å². The van der Waals surface area contributed by atoms with Gasteiger partial charge in [-0.2, -0.15) is 0 Å². The van der Waals surface area contributed by atoms with Crippen LogP contribution in [-0.4, -0.2) is 42.2 Å². The van der Waals surface area contributed by atoms with E-state index in [2.05, 4.69) is 5.32 Å². The molecule has 0 aliphatic carbocycles. The highest BCUT2D eigenvalue weighted by Crippen LogP contribution is 2.32. The molecule has 1 amide bonds. The van der Waals surface area contributed by atoms with Gasteiger partial charge in [-0.05, 0) is 60.9 Å². The van der Waals surface area contributed by atoms with Gasteiger partial charge in [0.2, 0.25) is 5.91 Å². The van der Waals surface area contributed by atoms with Crippen molar-refractivity contribution in [3.8, 4) is 17.2 Å². The highest BCUT2D eigenvalue weighted by molar-refractivity contribution is 7.93. The van der Waals surface area contributed by atoms with Gasteiger partial charge in [0.1, 0.15) is 17.2 Å². The first kappa shape index (κ1) is 25.9. The molecule has 3 aromatic rings. The van der Waals surface area contributed by atoms with Gasteiger partial charge in [-0.25, -0.2) is 8.42 Å². The molecule has 35 heavy (non-hydrogen) atoms. The first-order chi connectivity index (χ1) is 16.7. The number of carbonyl (C=O) groups excluding carboxylic acids is 1. The fraction of sp³-hybridized carbons (Fsp3) is 0.269. The molecule has 0 saturated heterocycles. The van der Waals surface area contributed by atoms with Crippen molar-refractivity contribution in [2.24, 2.45) is 0 Å². The van der Waals surface area contributed by atoms with E-state index in [0.29, 0.717) is 22.9 Å². The summed E-state index contributed by atoms with van der Waals surface area (Å²) in [6, 6.07) is 16.9. The van der Waals surface area contributed by atoms with Gasteiger partial charge in [0.15, 0.2) is 11.5 Å². The lowest BCUT2D eigenvalue weighted by Gasteiger charge is -2.25. The van der Waals surface area contributed by atoms with Gasteiger partial charge in [0.25, 0.3) is 10.0 Å². The van der Waals surface area contributed by atoms with Crippen molar-refractivity contribution in [1.82, 2.24) is 0 Å². The third-order valence-electron chi connectivity index (χ3n) is 5.47. The van der Waals surface area contributed by atoms with E-state index >= 15 is 0 Å². The van der Waals surface area contributed by atoms with Crippen LogP contribution < -0.4 is 23.8 Å². The number of carbonyl (C=O) groups is 1. The smallest absolute Gasteiger partial charge is 0.268 e. The van der Waals surface area contributed by atoms with Crippen LogP contribution in [-0.2, 0) is 21.2 Å². The number of aryl methyl sites for hydroxylation is 2. The zero-order chi connectivity index (χ0) is 25.6. The summed E-state index contributed by atoms with van der Waals surface area (Å²) in [5.41, 5.74) is 2.61. The number of rotatable bonds is 10. The van der Waals surface area contributed by atoms with Crippen LogP contribution in [0, 0.1) is 6.92 Å². The van der Waals surface area contributed by atoms with E-state index in [-0.39, 0.29) is 10.6 Å². The molecule has 0 fully saturated rings. The van der Waals surface area contributed by atoms with Crippen LogP contribution >= 0.6 is 0 Å². The monoisotopic (exact) mass is 498 g/mol. The average molecular weight is 499 g/mol. The Hall–Kier alpha value is -3.72. The molecular weight excluding hydrogens is 468 g/mol. The molecule has 3 aromatic carbocycles. The summed E-state index contributed by atoms with van der Waals surface area (Å²) >= 11 is 0. The number of nitrogens with one attached hydrogen (secondary N) is 1. The van der Waals surface area contributed by atoms with E-state index in [0.717, 1.165) is 21.9 Å². The maximum absolute atomic E-state index is 13.8. The zero-order valence-electron chi connectivity index (χ0n) is 20.5. The first-order valence-corrected chi connectivity index (χ1v) is 12.5. The Morgan fingerprint density at radius 2 is 1.49 bits per heavy atom. The Kier molecular flexibility index (Phi) is 8.24. The van der Waals surface area contributed by atoms with Gasteiger partial charge in [-0.15, -0.1) is 0 Å². The summed E-state index contributed by atoms with van der Waals surface area (Å²) in [5, 5.41) is 2.74. The van der Waals surface area contributed by atoms with Crippen molar-refractivity contribution >= 4 is 27.3 Å². The highest BCUT2D eigenvalue weighted by Gasteiger charge is 2.30. The molecular formula is C26H30N2O6S. The standard InChI is InChI=1S/C26H30N2O6S/c1-6-19-8-11-21(12-9-19)28(35(30,31)25-15-18(2)7-13-23(25)33-4)17-26(29)27-20-10-14-22(32-3)24(16-20)34-5/h7-16H,6,17H2,1-5H3,(H,27,29). The van der Waals surface area contributed by atoms with Gasteiger partial charge in [0.05, 0.1) is 27.0 Å². The van der Waals surface area contributed by atoms with E-state index in [9.17, 15) is 13.2 Å². The lowest BCUT2D eigenvalue weighted by atomic mass is 10.1. The third-order valence-corrected chi connectivity index (χ3v) is 7.27. The number of hydrogen-bond donors (Lipinski definition) is 1. The lowest BCUT2D eigenvalue weighted by molar-refractivity contribution is -0.114. The molecule has 0 saturated carbocycles. The largest absolute Gasteiger partial charge is 0.495 e. The first-order valence-electron chi connectivity index (χ1n) is 11.0. The maximum atomic E-state index is 13.8. The average Bonchev–Trinajstić information content (AvgIpc) is 2.87. The molecule has 9 heteroatoms. The Balaban J connectivity index is 1.99. The van der Waals surface area contributed by atoms with Crippen LogP contribution in [0.4, 0.5) is 11.4 Å². The second-order valence-electron chi connectivity index (χ2n) is 7.80. The number of methoxy groups -OCH3 is 3. The minimum atomic E-state index is -4.15. The molecule has 0 spiro atoms. The number of ether oxygens (including phenoxy) is 3. The number of benzene rings is 3. The fourth-order valence-electron chi connectivity index (χ4n) is 3.56. The second kappa shape index (κ2) is 11.1. The zero-order valence-corrected chi connectivity index (χ0v) is 21.3. The highest BCUT2D eigenvalue weighted by atomic mass is 32.2. The Morgan fingerprint density at radius 3 is 2.09 bits per heavy atom. The second-order valence-corrected chi connectivity index (χ2v) is 9.63. The van der Waals surface area contributed by atoms with E-state index in [1.165, 1.54) is 27.4 Å². The van der Waals surface area contributed by atoms with Crippen LogP contribution in [0.2, 0.25) is 0 Å². The molecule has 0 atom stereocenters. The van der Waals surface area contributed by atoms with E-state index < -0.39 is 22.5 Å². The van der Waals surface area contributed by atoms with E-state index in [1.807, 2.05) is 19.1 Å². The molecule has 0 heterocycles. The SMILES string of the molecule is CCc1ccc(N(CC(=O)Nc2ccc(OC)c(OC)c2)S(=O)(=O)c2cc(C)ccc2OC)cc1. The molecule has 1 N–H and O–H groups in total. The van der Waals surface area contributed by atoms with Crippen LogP contribution in [0.15, 0.2) is 65.6 Å². The van der Waals surface area contributed by atoms with Crippen molar-refractivity contribution in [2.75, 3.05) is 37.5 Å². The van der Waals surface area contributed by atoms with Gasteiger partial charge in [-0.3, -0.25) is 9.10 Å². The third kappa shape index (κ3) is 5.86. The summed E-state index contributed by atoms with van der Waals surface area (Å²) in [5.74, 6) is 0.629. The molecule has 8 nitrogen and oxygen atoms in total. The number of nitrogens with zero attached hydrogens (tertiary/aromatic N) is 1. The Bertz CT molecular complexity index is 1290. The van der Waals surface area contributed by atoms with Gasteiger partial charge in [-0.1, -0.05) is 25.1 Å². The summed E-state index contributed by atoms with van der Waals surface area (Å²) < 4.78 is 44.6. The van der Waals surface area contributed by atoms with Crippen molar-refractivity contribution in [3.63, 3.8) is 0 Å². The molecule has 0 bridgehead atoms. The molecule has 0 unspecified atom stereocenters. The molecule has 0 aliphatic rings. The van der Waals surface area contributed by atoms with Crippen LogP contribution in [0.1, 0.15) is 18.1 Å². The minimum absolute atomic E-state index is 0.0153. The number of amides is 1. The van der Waals surface area contributed by atoms with Crippen molar-refractivity contribution in [3.05, 3.63) is 71.8 Å². The summed E-state index contributed by atoms with van der Waals surface area (Å²) in [4.78, 5) is 13.0. The summed E-state index contributed by atoms with van der Waals surface area (Å²) in [6.45, 7) is 3.36. The van der Waals surface area contributed by atoms with Crippen molar-refractivity contribution in [1.29, 1.82) is 0 Å². The summed E-state index contributed by atoms with van der Waals surface area (Å²) in [7, 11) is 0.273. The van der Waals surface area contributed by atoms with E-state index in [1.54, 1.807) is 49.4 Å². The van der Waals surface area contributed by atoms with Crippen LogP contribution in [0.25, 0.3) is 0 Å². The fourth-order valence-corrected chi connectivity index (χ4v) is 5.23. The Labute approximate surface area is 206 Å². The van der Waals surface area contributed by atoms with Gasteiger partial charge < -0.3 is 19.5 Å². The minimum Gasteiger partial charge on any atom is -0.495 e. The molecule has 0 aliphatic heterocycles. The lowest BCUT2D eigenvalue weighted by Crippen LogP contribution is -2.38. The predicted octanol–water partition coefficient (Wildman–Crippen LogP) is 4.42. The van der Waals surface area contributed by atoms with E-state index in [4.69, 9.17) is 14.2 Å². The number of anilines is 2. The molecule has 186 valence electrons. The quantitative estimate of drug-likeness (QED) is 0.445. The van der Waals surface area contributed by atoms with Crippen LogP contribution in [0.3, 0.4) is 0 Å². The molecule has 3 rings (SSSR count). The Morgan fingerprint density at radius 1 is 0.857 bits per heavy atom. The maximum Gasteiger partial charge on any atom is 0.268 e. The number of hydrogen-bond acceptors (Lipinski definition) is 6. The normalized spacial score (nSPS) is 11.0. The topological polar surface area (TPSA) is 94.2 Å².